The Hall–Kier alpha value is -5.08. The first-order valence-corrected chi connectivity index (χ1v) is 15.7. The van der Waals surface area contributed by atoms with E-state index in [0.717, 1.165) is 0 Å². The number of para-hydroxylation sites is 4. The standard InChI is InChI=1S/2C19H22N2O4.2Cu.2H2O/c2*1-24-16-8-3-6-14(18(16)22)12-20-10-5-11-21-13-15-7-4-9-17(25-2)19(15)23;;;;/h2*3-4,6-9,12-13,22-23H,5,10-11H2,1-2H3;;;2*1H2/q;;2*+2;;/p-4. The van der Waals surface area contributed by atoms with E-state index >= 15 is 0 Å². The second-order valence-electron chi connectivity index (χ2n) is 10.4. The monoisotopic (exact) mass is 842 g/mol. The average molecular weight is 844 g/mol. The van der Waals surface area contributed by atoms with E-state index in [0.29, 0.717) is 84.3 Å². The van der Waals surface area contributed by atoms with Crippen molar-refractivity contribution in [3.05, 3.63) is 95.1 Å². The maximum atomic E-state index is 11.9. The molecule has 0 amide bonds. The molecule has 4 aromatic rings. The van der Waals surface area contributed by atoms with E-state index < -0.39 is 0 Å². The second-order valence-corrected chi connectivity index (χ2v) is 10.4. The van der Waals surface area contributed by atoms with Crippen LogP contribution in [0.3, 0.4) is 0 Å². The summed E-state index contributed by atoms with van der Waals surface area (Å²) >= 11 is 0. The van der Waals surface area contributed by atoms with Crippen molar-refractivity contribution in [1.29, 1.82) is 0 Å². The smallest absolute Gasteiger partial charge is 0.870 e. The molecule has 4 N–H and O–H groups in total. The number of methoxy groups -OCH3 is 4. The van der Waals surface area contributed by atoms with Gasteiger partial charge in [0.2, 0.25) is 0 Å². The second kappa shape index (κ2) is 28.4. The predicted octanol–water partition coefficient (Wildman–Crippen LogP) is 1.90. The molecule has 0 atom stereocenters. The molecule has 0 aliphatic rings. The van der Waals surface area contributed by atoms with Crippen LogP contribution in [-0.4, -0.2) is 90.4 Å². The number of benzene rings is 4. The summed E-state index contributed by atoms with van der Waals surface area (Å²) in [5.41, 5.74) is 1.98. The first kappa shape index (κ1) is 51.0. The van der Waals surface area contributed by atoms with Crippen molar-refractivity contribution in [1.82, 2.24) is 0 Å². The van der Waals surface area contributed by atoms with Gasteiger partial charge in [-0.15, -0.1) is 0 Å². The first-order valence-electron chi connectivity index (χ1n) is 15.7. The Morgan fingerprint density at radius 3 is 0.796 bits per heavy atom. The van der Waals surface area contributed by atoms with Crippen molar-refractivity contribution < 1.29 is 84.5 Å². The minimum atomic E-state index is -0.173. The van der Waals surface area contributed by atoms with Gasteiger partial charge in [0.25, 0.3) is 0 Å². The van der Waals surface area contributed by atoms with Gasteiger partial charge in [-0.1, -0.05) is 71.5 Å². The summed E-state index contributed by atoms with van der Waals surface area (Å²) in [6.07, 6.45) is 7.62. The Labute approximate surface area is 336 Å². The van der Waals surface area contributed by atoms with Crippen molar-refractivity contribution in [3.8, 4) is 46.0 Å². The predicted molar refractivity (Wildman–Crippen MR) is 196 cm³/mol. The van der Waals surface area contributed by atoms with E-state index in [1.807, 2.05) is 0 Å². The van der Waals surface area contributed by atoms with Gasteiger partial charge in [-0.2, -0.15) is 0 Å². The summed E-state index contributed by atoms with van der Waals surface area (Å²) in [5.74, 6) is 0.530. The van der Waals surface area contributed by atoms with Crippen molar-refractivity contribution in [2.75, 3.05) is 54.6 Å². The van der Waals surface area contributed by atoms with E-state index in [2.05, 4.69) is 20.0 Å². The van der Waals surface area contributed by atoms with Crippen molar-refractivity contribution in [2.24, 2.45) is 20.0 Å². The molecule has 0 spiro atoms. The molecule has 298 valence electrons. The summed E-state index contributed by atoms with van der Waals surface area (Å²) < 4.78 is 19.9. The van der Waals surface area contributed by atoms with Crippen LogP contribution >= 0.6 is 0 Å². The Morgan fingerprint density at radius 2 is 0.611 bits per heavy atom. The van der Waals surface area contributed by atoms with E-state index in [9.17, 15) is 20.4 Å². The molecule has 54 heavy (non-hydrogen) atoms. The van der Waals surface area contributed by atoms with E-state index in [1.54, 1.807) is 97.7 Å². The van der Waals surface area contributed by atoms with Crippen molar-refractivity contribution in [2.45, 2.75) is 12.8 Å². The summed E-state index contributed by atoms with van der Waals surface area (Å²) in [6.45, 7) is 2.15. The van der Waals surface area contributed by atoms with Gasteiger partial charge in [-0.05, 0) is 59.4 Å². The van der Waals surface area contributed by atoms with Gasteiger partial charge < -0.3 is 50.3 Å². The molecule has 0 fully saturated rings. The van der Waals surface area contributed by atoms with Crippen LogP contribution in [0.5, 0.6) is 46.0 Å². The molecule has 16 heteroatoms. The van der Waals surface area contributed by atoms with E-state index in [1.165, 1.54) is 28.4 Å². The Bertz CT molecular complexity index is 1530. The largest absolute Gasteiger partial charge is 2.00 e. The normalized spacial score (nSPS) is 10.4. The average Bonchev–Trinajstić information content (AvgIpc) is 3.13. The minimum Gasteiger partial charge on any atom is -0.870 e. The molecular formula is C38H44Cu2N4O10. The van der Waals surface area contributed by atoms with Crippen molar-refractivity contribution >= 4 is 24.9 Å². The van der Waals surface area contributed by atoms with Crippen LogP contribution in [0.15, 0.2) is 92.8 Å². The van der Waals surface area contributed by atoms with Gasteiger partial charge >= 0.3 is 34.1 Å². The summed E-state index contributed by atoms with van der Waals surface area (Å²) in [6, 6.07) is 20.3. The van der Waals surface area contributed by atoms with Crippen LogP contribution in [-0.2, 0) is 34.1 Å². The Morgan fingerprint density at radius 1 is 0.407 bits per heavy atom. The SMILES string of the molecule is COc1cccc(C=NCCCN=Cc2cccc(OC)c2[O-])c1[O-].COc1cccc(C=NCCCN=Cc2cccc(OC)c2[O-])c1[O-].O.O.[Cu+2].[Cu+2]. The third kappa shape index (κ3) is 15.9. The van der Waals surface area contributed by atoms with E-state index in [-0.39, 0.29) is 68.1 Å². The van der Waals surface area contributed by atoms with Crippen LogP contribution < -0.4 is 39.4 Å². The number of rotatable bonds is 16. The fourth-order valence-corrected chi connectivity index (χ4v) is 4.34. The molecule has 0 aliphatic heterocycles. The van der Waals surface area contributed by atoms with Crippen LogP contribution in [0.25, 0.3) is 0 Å². The van der Waals surface area contributed by atoms with Crippen molar-refractivity contribution in [3.63, 3.8) is 0 Å². The third-order valence-electron chi connectivity index (χ3n) is 6.99. The molecule has 2 radical (unpaired) electrons. The Balaban J connectivity index is 0. The van der Waals surface area contributed by atoms with Crippen LogP contribution in [0.1, 0.15) is 35.1 Å². The molecule has 4 aromatic carbocycles. The summed E-state index contributed by atoms with van der Waals surface area (Å²) in [5, 5.41) is 47.7. The number of nitrogens with zero attached hydrogens (tertiary/aromatic N) is 4. The summed E-state index contributed by atoms with van der Waals surface area (Å²) in [7, 11) is 5.85. The summed E-state index contributed by atoms with van der Waals surface area (Å²) in [4.78, 5) is 16.9. The fraction of sp³-hybridized carbons (Fsp3) is 0.263. The first-order chi connectivity index (χ1) is 24.3. The van der Waals surface area contributed by atoms with E-state index in [4.69, 9.17) is 18.9 Å². The zero-order valence-electron chi connectivity index (χ0n) is 30.1. The zero-order chi connectivity index (χ0) is 36.1. The molecule has 0 heterocycles. The molecule has 0 aliphatic carbocycles. The van der Waals surface area contributed by atoms with Gasteiger partial charge in [-0.25, -0.2) is 0 Å². The maximum absolute atomic E-state index is 11.9. The molecular weight excluding hydrogens is 800 g/mol. The van der Waals surface area contributed by atoms with Crippen LogP contribution in [0, 0.1) is 0 Å². The van der Waals surface area contributed by atoms with Crippen LogP contribution in [0.2, 0.25) is 0 Å². The molecule has 0 bridgehead atoms. The van der Waals surface area contributed by atoms with Gasteiger partial charge in [0.15, 0.2) is 0 Å². The van der Waals surface area contributed by atoms with Gasteiger partial charge in [0, 0.05) is 51.0 Å². The Kier molecular flexibility index (Phi) is 26.9. The van der Waals surface area contributed by atoms with Gasteiger partial charge in [0.05, 0.1) is 28.4 Å². The molecule has 0 saturated heterocycles. The quantitative estimate of drug-likeness (QED) is 0.0914. The topological polar surface area (TPSA) is 242 Å². The molecule has 0 unspecified atom stereocenters. The number of ether oxygens (including phenoxy) is 4. The van der Waals surface area contributed by atoms with Gasteiger partial charge in [0.1, 0.15) is 23.0 Å². The van der Waals surface area contributed by atoms with Gasteiger partial charge in [-0.3, -0.25) is 20.0 Å². The number of hydrogen-bond donors (Lipinski definition) is 0. The molecule has 14 nitrogen and oxygen atoms in total. The number of hydrogen-bond acceptors (Lipinski definition) is 12. The zero-order valence-corrected chi connectivity index (χ0v) is 32.0. The number of aliphatic imine (C=N–C) groups is 4. The third-order valence-corrected chi connectivity index (χ3v) is 6.99. The maximum Gasteiger partial charge on any atom is 2.00 e. The van der Waals surface area contributed by atoms with Crippen LogP contribution in [0.4, 0.5) is 0 Å². The fourth-order valence-electron chi connectivity index (χ4n) is 4.34. The molecule has 0 aromatic heterocycles. The molecule has 0 saturated carbocycles. The molecule has 4 rings (SSSR count). The minimum absolute atomic E-state index is 0.